The third kappa shape index (κ3) is 3.57. The molecule has 0 spiro atoms. The highest BCUT2D eigenvalue weighted by Crippen LogP contribution is 2.34. The van der Waals surface area contributed by atoms with Crippen LogP contribution in [0.4, 0.5) is 11.4 Å². The van der Waals surface area contributed by atoms with Gasteiger partial charge in [0.05, 0.1) is 0 Å². The largest absolute Gasteiger partial charge is 0.311 e. The monoisotopic (exact) mass is 313 g/mol. The quantitative estimate of drug-likeness (QED) is 0.576. The standard InChI is InChI=1S/C23H23N/c1-3-17-23(2)18-10-15-22(16-19-23)24(20-11-6-4-7-12-20)21-13-8-5-9-14-21/h3-16,18-19H,1,17H2,2H3. The van der Waals surface area contributed by atoms with Crippen molar-refractivity contribution >= 4 is 11.4 Å². The molecule has 0 fully saturated rings. The maximum atomic E-state index is 3.88. The van der Waals surface area contributed by atoms with Crippen LogP contribution in [-0.2, 0) is 0 Å². The molecule has 1 nitrogen and oxygen atoms in total. The Hall–Kier alpha value is -2.80. The van der Waals surface area contributed by atoms with E-state index in [1.54, 1.807) is 0 Å². The van der Waals surface area contributed by atoms with Crippen LogP contribution < -0.4 is 4.90 Å². The van der Waals surface area contributed by atoms with Crippen molar-refractivity contribution in [3.8, 4) is 0 Å². The Morgan fingerprint density at radius 3 is 2.04 bits per heavy atom. The summed E-state index contributed by atoms with van der Waals surface area (Å²) >= 11 is 0. The van der Waals surface area contributed by atoms with Crippen LogP contribution in [0.5, 0.6) is 0 Å². The van der Waals surface area contributed by atoms with E-state index >= 15 is 0 Å². The molecule has 2 aromatic carbocycles. The second-order valence-corrected chi connectivity index (χ2v) is 6.29. The fourth-order valence-electron chi connectivity index (χ4n) is 2.95. The number of rotatable bonds is 5. The van der Waals surface area contributed by atoms with Gasteiger partial charge in [-0.25, -0.2) is 0 Å². The minimum Gasteiger partial charge on any atom is -0.311 e. The summed E-state index contributed by atoms with van der Waals surface area (Å²) in [6.45, 7) is 6.11. The minimum atomic E-state index is 0.0129. The van der Waals surface area contributed by atoms with E-state index in [0.29, 0.717) is 0 Å². The first kappa shape index (κ1) is 16.1. The van der Waals surface area contributed by atoms with E-state index in [2.05, 4.69) is 97.3 Å². The smallest absolute Gasteiger partial charge is 0.0461 e. The van der Waals surface area contributed by atoms with Crippen molar-refractivity contribution < 1.29 is 0 Å². The highest BCUT2D eigenvalue weighted by atomic mass is 15.1. The van der Waals surface area contributed by atoms with Gasteiger partial charge in [-0.05, 0) is 42.8 Å². The molecule has 2 aromatic rings. The Balaban J connectivity index is 2.03. The summed E-state index contributed by atoms with van der Waals surface area (Å²) in [6.07, 6.45) is 13.9. The summed E-state index contributed by atoms with van der Waals surface area (Å²) < 4.78 is 0. The van der Waals surface area contributed by atoms with E-state index in [-0.39, 0.29) is 5.41 Å². The SMILES string of the molecule is C=CCC1(C)C=CC=C(N(c2ccccc2)c2ccccc2)C=C1. The molecule has 0 radical (unpaired) electrons. The normalized spacial score (nSPS) is 19.5. The molecule has 0 heterocycles. The second-order valence-electron chi connectivity index (χ2n) is 6.29. The Morgan fingerprint density at radius 2 is 1.50 bits per heavy atom. The number of para-hydroxylation sites is 2. The first-order valence-corrected chi connectivity index (χ1v) is 8.32. The van der Waals surface area contributed by atoms with Crippen LogP contribution in [0.1, 0.15) is 13.3 Å². The zero-order valence-corrected chi connectivity index (χ0v) is 14.1. The van der Waals surface area contributed by atoms with Crippen molar-refractivity contribution in [3.63, 3.8) is 0 Å². The maximum absolute atomic E-state index is 3.88. The third-order valence-electron chi connectivity index (χ3n) is 4.25. The van der Waals surface area contributed by atoms with E-state index in [1.165, 1.54) is 0 Å². The predicted molar refractivity (Wildman–Crippen MR) is 104 cm³/mol. The summed E-state index contributed by atoms with van der Waals surface area (Å²) in [4.78, 5) is 2.28. The lowest BCUT2D eigenvalue weighted by molar-refractivity contribution is 0.563. The summed E-state index contributed by atoms with van der Waals surface area (Å²) in [5.74, 6) is 0. The van der Waals surface area contributed by atoms with Crippen molar-refractivity contribution in [2.45, 2.75) is 13.3 Å². The van der Waals surface area contributed by atoms with Gasteiger partial charge in [-0.3, -0.25) is 0 Å². The topological polar surface area (TPSA) is 3.24 Å². The number of anilines is 2. The second kappa shape index (κ2) is 7.18. The van der Waals surface area contributed by atoms with Crippen LogP contribution in [0.15, 0.2) is 109 Å². The fourth-order valence-corrected chi connectivity index (χ4v) is 2.95. The van der Waals surface area contributed by atoms with Gasteiger partial charge in [0.15, 0.2) is 0 Å². The number of benzene rings is 2. The maximum Gasteiger partial charge on any atom is 0.0461 e. The van der Waals surface area contributed by atoms with Gasteiger partial charge in [0.1, 0.15) is 0 Å². The average Bonchev–Trinajstić information content (AvgIpc) is 2.80. The van der Waals surface area contributed by atoms with Gasteiger partial charge in [0.2, 0.25) is 0 Å². The van der Waals surface area contributed by atoms with Gasteiger partial charge in [-0.15, -0.1) is 6.58 Å². The van der Waals surface area contributed by atoms with Crippen molar-refractivity contribution in [1.29, 1.82) is 0 Å². The minimum absolute atomic E-state index is 0.0129. The van der Waals surface area contributed by atoms with Crippen LogP contribution in [-0.4, -0.2) is 0 Å². The molecule has 0 N–H and O–H groups in total. The van der Waals surface area contributed by atoms with Crippen LogP contribution in [0.3, 0.4) is 0 Å². The van der Waals surface area contributed by atoms with Crippen molar-refractivity contribution in [1.82, 2.24) is 0 Å². The summed E-state index contributed by atoms with van der Waals surface area (Å²) in [5, 5.41) is 0. The molecular weight excluding hydrogens is 290 g/mol. The van der Waals surface area contributed by atoms with Gasteiger partial charge < -0.3 is 4.90 Å². The van der Waals surface area contributed by atoms with Crippen LogP contribution in [0, 0.1) is 5.41 Å². The molecule has 0 aromatic heterocycles. The van der Waals surface area contributed by atoms with Crippen LogP contribution in [0.2, 0.25) is 0 Å². The Morgan fingerprint density at radius 1 is 0.917 bits per heavy atom. The number of hydrogen-bond acceptors (Lipinski definition) is 1. The molecule has 0 saturated carbocycles. The molecule has 3 rings (SSSR count). The number of allylic oxidation sites excluding steroid dienone is 6. The molecule has 1 heteroatoms. The molecule has 0 aliphatic heterocycles. The zero-order chi connectivity index (χ0) is 16.8. The molecule has 0 amide bonds. The van der Waals surface area contributed by atoms with E-state index in [1.807, 2.05) is 18.2 Å². The predicted octanol–water partition coefficient (Wildman–Crippen LogP) is 6.42. The average molecular weight is 313 g/mol. The van der Waals surface area contributed by atoms with Gasteiger partial charge in [0.25, 0.3) is 0 Å². The van der Waals surface area contributed by atoms with Crippen molar-refractivity contribution in [2.75, 3.05) is 4.90 Å². The molecule has 1 atom stereocenters. The van der Waals surface area contributed by atoms with Gasteiger partial charge in [-0.1, -0.05) is 67.6 Å². The van der Waals surface area contributed by atoms with Crippen LogP contribution >= 0.6 is 0 Å². The van der Waals surface area contributed by atoms with E-state index in [0.717, 1.165) is 23.5 Å². The summed E-state index contributed by atoms with van der Waals surface area (Å²) in [6, 6.07) is 20.9. The molecule has 1 unspecified atom stereocenters. The van der Waals surface area contributed by atoms with Gasteiger partial charge in [0, 0.05) is 22.5 Å². The lowest BCUT2D eigenvalue weighted by atomic mass is 9.86. The first-order valence-electron chi connectivity index (χ1n) is 8.32. The summed E-state index contributed by atoms with van der Waals surface area (Å²) in [7, 11) is 0. The van der Waals surface area contributed by atoms with Crippen LogP contribution in [0.25, 0.3) is 0 Å². The van der Waals surface area contributed by atoms with E-state index in [9.17, 15) is 0 Å². The fraction of sp³-hybridized carbons (Fsp3) is 0.130. The van der Waals surface area contributed by atoms with E-state index < -0.39 is 0 Å². The zero-order valence-electron chi connectivity index (χ0n) is 14.1. The molecule has 0 saturated heterocycles. The van der Waals surface area contributed by atoms with Gasteiger partial charge in [-0.2, -0.15) is 0 Å². The molecule has 1 aliphatic rings. The third-order valence-corrected chi connectivity index (χ3v) is 4.25. The molecule has 120 valence electrons. The number of nitrogens with zero attached hydrogens (tertiary/aromatic N) is 1. The summed E-state index contributed by atoms with van der Waals surface area (Å²) in [5.41, 5.74) is 3.47. The first-order chi connectivity index (χ1) is 11.7. The van der Waals surface area contributed by atoms with Crippen molar-refractivity contribution in [2.24, 2.45) is 5.41 Å². The molecular formula is C23H23N. The molecule has 0 bridgehead atoms. The molecule has 24 heavy (non-hydrogen) atoms. The Labute approximate surface area is 144 Å². The lowest BCUT2D eigenvalue weighted by Crippen LogP contribution is -2.15. The highest BCUT2D eigenvalue weighted by molar-refractivity contribution is 5.70. The van der Waals surface area contributed by atoms with Crippen molar-refractivity contribution in [3.05, 3.63) is 109 Å². The number of hydrogen-bond donors (Lipinski definition) is 0. The highest BCUT2D eigenvalue weighted by Gasteiger charge is 2.19. The Kier molecular flexibility index (Phi) is 4.81. The van der Waals surface area contributed by atoms with E-state index in [4.69, 9.17) is 0 Å². The Bertz CT molecular complexity index is 729. The lowest BCUT2D eigenvalue weighted by Gasteiger charge is -2.26. The molecule has 1 aliphatic carbocycles. The van der Waals surface area contributed by atoms with Gasteiger partial charge >= 0.3 is 0 Å².